The minimum Gasteiger partial charge on any atom is -0.370 e. The molecule has 0 spiro atoms. The van der Waals surface area contributed by atoms with E-state index in [2.05, 4.69) is 0 Å². The van der Waals surface area contributed by atoms with Gasteiger partial charge in [0.1, 0.15) is 0 Å². The predicted molar refractivity (Wildman–Crippen MR) is 73.7 cm³/mol. The summed E-state index contributed by atoms with van der Waals surface area (Å²) in [4.78, 5) is 13.5. The molecule has 1 saturated heterocycles. The van der Waals surface area contributed by atoms with Crippen molar-refractivity contribution in [1.29, 1.82) is 0 Å². The van der Waals surface area contributed by atoms with Crippen LogP contribution in [0.3, 0.4) is 0 Å². The molecule has 104 valence electrons. The normalized spacial score (nSPS) is 17.4. The fourth-order valence-corrected chi connectivity index (χ4v) is 3.34. The number of hydrogen-bond donors (Lipinski definition) is 1. The lowest BCUT2D eigenvalue weighted by molar-refractivity contribution is -0.122. The number of hydrogen-bond acceptors (Lipinski definition) is 4. The van der Waals surface area contributed by atoms with Crippen LogP contribution in [0.25, 0.3) is 0 Å². The lowest BCUT2D eigenvalue weighted by Crippen LogP contribution is -2.39. The fourth-order valence-electron chi connectivity index (χ4n) is 2.44. The highest BCUT2D eigenvalue weighted by molar-refractivity contribution is 7.90. The third kappa shape index (κ3) is 3.07. The van der Waals surface area contributed by atoms with Crippen molar-refractivity contribution in [2.45, 2.75) is 17.7 Å². The van der Waals surface area contributed by atoms with Crippen LogP contribution in [-0.4, -0.2) is 33.7 Å². The van der Waals surface area contributed by atoms with Crippen LogP contribution in [0, 0.1) is 5.92 Å². The number of carbonyl (C=O) groups is 1. The van der Waals surface area contributed by atoms with Gasteiger partial charge in [-0.1, -0.05) is 12.1 Å². The van der Waals surface area contributed by atoms with Crippen molar-refractivity contribution in [2.24, 2.45) is 11.7 Å². The fraction of sp³-hybridized carbons (Fsp3) is 0.462. The highest BCUT2D eigenvalue weighted by Gasteiger charge is 2.25. The maximum atomic E-state index is 11.8. The summed E-state index contributed by atoms with van der Waals surface area (Å²) >= 11 is 0. The zero-order chi connectivity index (χ0) is 14.0. The Hall–Kier alpha value is -1.56. The van der Waals surface area contributed by atoms with E-state index in [0.29, 0.717) is 36.5 Å². The van der Waals surface area contributed by atoms with Crippen LogP contribution < -0.4 is 10.6 Å². The lowest BCUT2D eigenvalue weighted by Gasteiger charge is -2.33. The number of rotatable bonds is 3. The maximum absolute atomic E-state index is 11.8. The molecule has 0 aromatic heterocycles. The van der Waals surface area contributed by atoms with Gasteiger partial charge in [0.25, 0.3) is 0 Å². The van der Waals surface area contributed by atoms with Crippen LogP contribution in [0.15, 0.2) is 29.2 Å². The molecule has 1 aliphatic rings. The van der Waals surface area contributed by atoms with Gasteiger partial charge in [-0.3, -0.25) is 4.79 Å². The molecule has 1 heterocycles. The number of piperidine rings is 1. The molecule has 0 bridgehead atoms. The van der Waals surface area contributed by atoms with Gasteiger partial charge in [0.05, 0.1) is 10.6 Å². The smallest absolute Gasteiger partial charge is 0.220 e. The van der Waals surface area contributed by atoms with Gasteiger partial charge < -0.3 is 10.6 Å². The Bertz CT molecular complexity index is 575. The molecule has 1 aliphatic heterocycles. The number of benzene rings is 1. The molecule has 19 heavy (non-hydrogen) atoms. The Morgan fingerprint density at radius 2 is 1.84 bits per heavy atom. The maximum Gasteiger partial charge on any atom is 0.220 e. The largest absolute Gasteiger partial charge is 0.370 e. The van der Waals surface area contributed by atoms with E-state index in [-0.39, 0.29) is 11.8 Å². The van der Waals surface area contributed by atoms with Crippen molar-refractivity contribution in [3.8, 4) is 0 Å². The van der Waals surface area contributed by atoms with Gasteiger partial charge in [0, 0.05) is 25.3 Å². The highest BCUT2D eigenvalue weighted by Crippen LogP contribution is 2.28. The molecule has 1 amide bonds. The number of amides is 1. The van der Waals surface area contributed by atoms with Gasteiger partial charge in [-0.05, 0) is 25.0 Å². The lowest BCUT2D eigenvalue weighted by atomic mass is 9.96. The van der Waals surface area contributed by atoms with Gasteiger partial charge in [-0.15, -0.1) is 0 Å². The molecular weight excluding hydrogens is 264 g/mol. The minimum atomic E-state index is -3.25. The van der Waals surface area contributed by atoms with Crippen molar-refractivity contribution in [3.05, 3.63) is 24.3 Å². The van der Waals surface area contributed by atoms with E-state index in [0.717, 1.165) is 0 Å². The molecule has 2 rings (SSSR count). The molecule has 0 saturated carbocycles. The van der Waals surface area contributed by atoms with Crippen LogP contribution in [0.1, 0.15) is 12.8 Å². The van der Waals surface area contributed by atoms with Crippen molar-refractivity contribution in [2.75, 3.05) is 24.2 Å². The molecule has 0 aliphatic carbocycles. The number of primary amides is 1. The van der Waals surface area contributed by atoms with E-state index in [1.54, 1.807) is 18.2 Å². The van der Waals surface area contributed by atoms with Crippen LogP contribution >= 0.6 is 0 Å². The molecule has 1 fully saturated rings. The molecule has 0 atom stereocenters. The van der Waals surface area contributed by atoms with E-state index >= 15 is 0 Å². The van der Waals surface area contributed by atoms with Gasteiger partial charge in [-0.25, -0.2) is 8.42 Å². The average Bonchev–Trinajstić information content (AvgIpc) is 2.38. The van der Waals surface area contributed by atoms with Crippen LogP contribution in [0.4, 0.5) is 5.69 Å². The summed E-state index contributed by atoms with van der Waals surface area (Å²) in [6.45, 7) is 1.31. The first-order valence-electron chi connectivity index (χ1n) is 6.23. The van der Waals surface area contributed by atoms with Crippen molar-refractivity contribution >= 4 is 21.4 Å². The third-order valence-corrected chi connectivity index (χ3v) is 4.65. The van der Waals surface area contributed by atoms with Crippen molar-refractivity contribution in [1.82, 2.24) is 0 Å². The van der Waals surface area contributed by atoms with Gasteiger partial charge in [0.15, 0.2) is 9.84 Å². The number of carbonyl (C=O) groups excluding carboxylic acids is 1. The zero-order valence-corrected chi connectivity index (χ0v) is 11.7. The zero-order valence-electron chi connectivity index (χ0n) is 10.9. The standard InChI is InChI=1S/C13H18N2O3S/c1-19(17,18)12-5-3-2-4-11(12)15-8-6-10(7-9-15)13(14)16/h2-5,10H,6-9H2,1H3,(H2,14,16). The van der Waals surface area contributed by atoms with E-state index in [1.807, 2.05) is 11.0 Å². The molecule has 1 aromatic carbocycles. The van der Waals surface area contributed by atoms with Gasteiger partial charge in [0.2, 0.25) is 5.91 Å². The van der Waals surface area contributed by atoms with Crippen LogP contribution in [0.2, 0.25) is 0 Å². The monoisotopic (exact) mass is 282 g/mol. The Balaban J connectivity index is 2.23. The molecule has 2 N–H and O–H groups in total. The first kappa shape index (κ1) is 13.9. The quantitative estimate of drug-likeness (QED) is 0.889. The molecule has 0 radical (unpaired) electrons. The van der Waals surface area contributed by atoms with E-state index in [4.69, 9.17) is 5.73 Å². The number of para-hydroxylation sites is 1. The average molecular weight is 282 g/mol. The highest BCUT2D eigenvalue weighted by atomic mass is 32.2. The first-order chi connectivity index (χ1) is 8.89. The summed E-state index contributed by atoms with van der Waals surface area (Å²) in [6, 6.07) is 6.96. The Morgan fingerprint density at radius 1 is 1.26 bits per heavy atom. The molecule has 6 heteroatoms. The molecule has 5 nitrogen and oxygen atoms in total. The van der Waals surface area contributed by atoms with Gasteiger partial charge in [-0.2, -0.15) is 0 Å². The first-order valence-corrected chi connectivity index (χ1v) is 8.12. The summed E-state index contributed by atoms with van der Waals surface area (Å²) in [5, 5.41) is 0. The number of nitrogens with two attached hydrogens (primary N) is 1. The molecule has 1 aromatic rings. The Morgan fingerprint density at radius 3 is 2.37 bits per heavy atom. The van der Waals surface area contributed by atoms with E-state index < -0.39 is 9.84 Å². The van der Waals surface area contributed by atoms with Crippen LogP contribution in [0.5, 0.6) is 0 Å². The Labute approximate surface area is 113 Å². The number of nitrogens with zero attached hydrogens (tertiary/aromatic N) is 1. The SMILES string of the molecule is CS(=O)(=O)c1ccccc1N1CCC(C(N)=O)CC1. The number of sulfone groups is 1. The molecular formula is C13H18N2O3S. The Kier molecular flexibility index (Phi) is 3.80. The van der Waals surface area contributed by atoms with E-state index in [1.165, 1.54) is 6.26 Å². The summed E-state index contributed by atoms with van der Waals surface area (Å²) in [5.41, 5.74) is 6.01. The predicted octanol–water partition coefficient (Wildman–Crippen LogP) is 0.792. The second-order valence-corrected chi connectivity index (χ2v) is 6.89. The topological polar surface area (TPSA) is 80.5 Å². The van der Waals surface area contributed by atoms with Crippen molar-refractivity contribution in [3.63, 3.8) is 0 Å². The van der Waals surface area contributed by atoms with Crippen LogP contribution in [-0.2, 0) is 14.6 Å². The summed E-state index contributed by atoms with van der Waals surface area (Å²) in [5.74, 6) is -0.363. The van der Waals surface area contributed by atoms with Gasteiger partial charge >= 0.3 is 0 Å². The summed E-state index contributed by atoms with van der Waals surface area (Å²) < 4.78 is 23.5. The third-order valence-electron chi connectivity index (χ3n) is 3.50. The second-order valence-electron chi connectivity index (χ2n) is 4.90. The van der Waals surface area contributed by atoms with E-state index in [9.17, 15) is 13.2 Å². The summed E-state index contributed by atoms with van der Waals surface area (Å²) in [6.07, 6.45) is 2.56. The summed E-state index contributed by atoms with van der Waals surface area (Å²) in [7, 11) is -3.25. The van der Waals surface area contributed by atoms with Crippen molar-refractivity contribution < 1.29 is 13.2 Å². The number of anilines is 1. The minimum absolute atomic E-state index is 0.0957. The second kappa shape index (κ2) is 5.21. The molecule has 0 unspecified atom stereocenters.